The minimum absolute atomic E-state index is 0. The van der Waals surface area contributed by atoms with Crippen LogP contribution in [0.15, 0.2) is 164 Å². The molecule has 1 N–H and O–H groups in total. The molecule has 2 aromatic carbocycles. The Hall–Kier alpha value is -6.23. The van der Waals surface area contributed by atoms with Crippen molar-refractivity contribution in [2.75, 3.05) is 0 Å². The van der Waals surface area contributed by atoms with Crippen LogP contribution in [-0.2, 0) is 19.5 Å². The zero-order chi connectivity index (χ0) is 45.2. The number of hydrogen-bond acceptors (Lipinski definition) is 7. The van der Waals surface area contributed by atoms with E-state index in [2.05, 4.69) is 44.9 Å². The molecule has 9 nitrogen and oxygen atoms in total. The van der Waals surface area contributed by atoms with E-state index in [0.717, 1.165) is 62.1 Å². The van der Waals surface area contributed by atoms with Gasteiger partial charge in [-0.1, -0.05) is 66.7 Å². The smallest absolute Gasteiger partial charge is 0.434 e. The largest absolute Gasteiger partial charge is 3.00 e. The second-order valence-electron chi connectivity index (χ2n) is 12.3. The Morgan fingerprint density at radius 2 is 0.730 bits per heavy atom. The number of imidazole rings is 2. The van der Waals surface area contributed by atoms with Crippen molar-refractivity contribution in [3.05, 3.63) is 164 Å². The SMILES string of the molecule is F[P-](F)(F)(F)(F)F.F[P-](F)(F)(F)(F)F.[Ru+3].c1cc(-c2nc3ccccc3[n-]2)nc(-c2nc3ccccc3[nH]2)c1.c1ccc(-c2ccccn2)nc1.c1ccc(-c2ccccn2)nc1. The average Bonchev–Trinajstić information content (AvgIpc) is 3.86. The summed E-state index contributed by atoms with van der Waals surface area (Å²) >= 11 is 0. The summed E-state index contributed by atoms with van der Waals surface area (Å²) < 4.78 is 118. The molecule has 1 radical (unpaired) electrons. The van der Waals surface area contributed by atoms with Crippen molar-refractivity contribution in [3.63, 3.8) is 0 Å². The minimum Gasteiger partial charge on any atom is -0.434 e. The third kappa shape index (κ3) is 20.0. The van der Waals surface area contributed by atoms with Crippen LogP contribution in [0.3, 0.4) is 0 Å². The van der Waals surface area contributed by atoms with Gasteiger partial charge in [-0.3, -0.25) is 19.9 Å². The third-order valence-corrected chi connectivity index (χ3v) is 7.13. The first-order valence-corrected chi connectivity index (χ1v) is 21.4. The molecule has 0 aliphatic heterocycles. The number of nitrogens with zero attached hydrogens (tertiary/aromatic N) is 8. The van der Waals surface area contributed by atoms with Gasteiger partial charge in [-0.05, 0) is 89.7 Å². The molecule has 24 heteroatoms. The van der Waals surface area contributed by atoms with Crippen molar-refractivity contribution in [3.8, 4) is 45.8 Å². The average molecular weight is 1010 g/mol. The van der Waals surface area contributed by atoms with Gasteiger partial charge in [0.25, 0.3) is 0 Å². The number of aromatic amines is 1. The quantitative estimate of drug-likeness (QED) is 0.105. The molecule has 0 aliphatic rings. The van der Waals surface area contributed by atoms with Crippen molar-refractivity contribution in [2.45, 2.75) is 0 Å². The van der Waals surface area contributed by atoms with Crippen LogP contribution in [0.2, 0.25) is 0 Å². The van der Waals surface area contributed by atoms with E-state index >= 15 is 0 Å². The standard InChI is InChI=1S/C19H12N5.2C10H8N2.2F6P.Ru/c1-2-7-13-12(6-1)21-18(22-13)16-10-5-11-17(20-16)19-23-14-8-3-4-9-15(14)24-19;2*1-3-7-11-9(5-1)10-6-2-4-8-12-10;2*1-7(2,3,4,5)6;/h1-11H,(H-,21,22,23,24);2*1-8H;;;/q-1;;;2*-1;+3. The molecule has 7 aromatic heterocycles. The van der Waals surface area contributed by atoms with Crippen molar-refractivity contribution in [1.29, 1.82) is 0 Å². The molecule has 0 saturated heterocycles. The minimum atomic E-state index is -10.7. The molecule has 0 saturated carbocycles. The Morgan fingerprint density at radius 1 is 0.365 bits per heavy atom. The summed E-state index contributed by atoms with van der Waals surface area (Å²) in [6.45, 7) is 0. The molecule has 63 heavy (non-hydrogen) atoms. The van der Waals surface area contributed by atoms with Crippen molar-refractivity contribution < 1.29 is 69.8 Å². The first-order valence-electron chi connectivity index (χ1n) is 17.3. The van der Waals surface area contributed by atoms with Crippen LogP contribution >= 0.6 is 15.6 Å². The van der Waals surface area contributed by atoms with Gasteiger partial charge in [-0.2, -0.15) is 0 Å². The summed E-state index contributed by atoms with van der Waals surface area (Å²) in [5, 5.41) is 0. The van der Waals surface area contributed by atoms with Crippen LogP contribution in [0, 0.1) is 0 Å². The van der Waals surface area contributed by atoms with E-state index in [1.807, 2.05) is 140 Å². The van der Waals surface area contributed by atoms with E-state index in [4.69, 9.17) is 0 Å². The molecule has 0 unspecified atom stereocenters. The van der Waals surface area contributed by atoms with Crippen LogP contribution < -0.4 is 4.98 Å². The normalized spacial score (nSPS) is 13.1. The van der Waals surface area contributed by atoms with E-state index in [9.17, 15) is 50.4 Å². The first-order chi connectivity index (χ1) is 28.7. The fraction of sp³-hybridized carbons (Fsp3) is 0. The number of hydrogen-bond donors (Lipinski definition) is 1. The van der Waals surface area contributed by atoms with Gasteiger partial charge >= 0.3 is 85.5 Å². The van der Waals surface area contributed by atoms with Crippen LogP contribution in [0.25, 0.3) is 67.9 Å². The van der Waals surface area contributed by atoms with E-state index in [0.29, 0.717) is 5.82 Å². The van der Waals surface area contributed by atoms with Crippen LogP contribution in [0.1, 0.15) is 0 Å². The Balaban J connectivity index is 0.000000190. The second-order valence-corrected chi connectivity index (χ2v) is 16.2. The van der Waals surface area contributed by atoms with Crippen molar-refractivity contribution in [1.82, 2.24) is 44.9 Å². The predicted octanol–water partition coefficient (Wildman–Crippen LogP) is 14.8. The molecule has 7 heterocycles. The fourth-order valence-electron chi connectivity index (χ4n) is 4.84. The van der Waals surface area contributed by atoms with Gasteiger partial charge < -0.3 is 15.0 Å². The number of para-hydroxylation sites is 4. The summed E-state index contributed by atoms with van der Waals surface area (Å²) in [4.78, 5) is 38.4. The topological polar surface area (TPSA) is 120 Å². The molecule has 0 atom stereocenters. The van der Waals surface area contributed by atoms with Gasteiger partial charge in [0.1, 0.15) is 5.69 Å². The van der Waals surface area contributed by atoms with Crippen LogP contribution in [0.5, 0.6) is 0 Å². The number of pyridine rings is 5. The number of nitrogens with one attached hydrogen (secondary N) is 1. The number of benzene rings is 2. The number of halogens is 12. The van der Waals surface area contributed by atoms with Gasteiger partial charge in [0.2, 0.25) is 0 Å². The number of H-pyrrole nitrogens is 1. The second kappa shape index (κ2) is 18.2. The van der Waals surface area contributed by atoms with Crippen molar-refractivity contribution in [2.24, 2.45) is 0 Å². The maximum atomic E-state index is 9.87. The summed E-state index contributed by atoms with van der Waals surface area (Å²) in [5.41, 5.74) is 8.85. The number of fused-ring (bicyclic) bond motifs is 2. The molecule has 0 amide bonds. The Kier molecular flexibility index (Phi) is 14.3. The fourth-order valence-corrected chi connectivity index (χ4v) is 4.84. The van der Waals surface area contributed by atoms with Gasteiger partial charge in [-0.15, -0.1) is 0 Å². The van der Waals surface area contributed by atoms with E-state index < -0.39 is 15.6 Å². The monoisotopic (exact) mass is 1010 g/mol. The zero-order valence-corrected chi connectivity index (χ0v) is 35.0. The van der Waals surface area contributed by atoms with Crippen LogP contribution in [0.4, 0.5) is 50.4 Å². The van der Waals surface area contributed by atoms with E-state index in [1.54, 1.807) is 24.8 Å². The van der Waals surface area contributed by atoms with Crippen LogP contribution in [-0.4, -0.2) is 39.9 Å². The molecular formula is C39H28F12N9P2Ru. The van der Waals surface area contributed by atoms with Crippen molar-refractivity contribution >= 4 is 37.7 Å². The first kappa shape index (κ1) is 49.4. The van der Waals surface area contributed by atoms with Gasteiger partial charge in [0, 0.05) is 24.8 Å². The summed E-state index contributed by atoms with van der Waals surface area (Å²) in [7, 11) is -21.3. The molecule has 0 bridgehead atoms. The van der Waals surface area contributed by atoms with E-state index in [-0.39, 0.29) is 19.5 Å². The van der Waals surface area contributed by atoms with Gasteiger partial charge in [0.05, 0.1) is 39.5 Å². The Labute approximate surface area is 361 Å². The number of rotatable bonds is 4. The summed E-state index contributed by atoms with van der Waals surface area (Å²) in [6.07, 6.45) is 7.07. The Morgan fingerprint density at radius 3 is 1.13 bits per heavy atom. The predicted molar refractivity (Wildman–Crippen MR) is 215 cm³/mol. The molecular weight excluding hydrogens is 985 g/mol. The Bertz CT molecular complexity index is 2490. The van der Waals surface area contributed by atoms with Gasteiger partial charge in [0.15, 0.2) is 5.82 Å². The maximum absolute atomic E-state index is 10.7. The van der Waals surface area contributed by atoms with E-state index in [1.165, 1.54) is 0 Å². The molecule has 331 valence electrons. The molecule has 0 spiro atoms. The molecule has 9 rings (SSSR count). The number of aromatic nitrogens is 9. The summed E-state index contributed by atoms with van der Waals surface area (Å²) in [6, 6.07) is 44.7. The molecule has 9 aromatic rings. The molecule has 0 fully saturated rings. The van der Waals surface area contributed by atoms with Gasteiger partial charge in [-0.25, -0.2) is 9.97 Å². The molecule has 0 aliphatic carbocycles. The third-order valence-electron chi connectivity index (χ3n) is 7.13. The maximum Gasteiger partial charge on any atom is 3.00 e. The summed E-state index contributed by atoms with van der Waals surface area (Å²) in [5.74, 6) is 1.38. The zero-order valence-electron chi connectivity index (χ0n) is 31.4.